The van der Waals surface area contributed by atoms with Crippen LogP contribution in [0.2, 0.25) is 0 Å². The van der Waals surface area contributed by atoms with Crippen LogP contribution in [0.3, 0.4) is 0 Å². The van der Waals surface area contributed by atoms with Crippen molar-refractivity contribution in [1.82, 2.24) is 14.5 Å². The van der Waals surface area contributed by atoms with Gasteiger partial charge in [-0.2, -0.15) is 0 Å². The third-order valence-electron chi connectivity index (χ3n) is 5.62. The molecule has 0 unspecified atom stereocenters. The number of anilines is 1. The van der Waals surface area contributed by atoms with E-state index in [1.807, 2.05) is 30.3 Å². The van der Waals surface area contributed by atoms with E-state index in [-0.39, 0.29) is 17.9 Å². The van der Waals surface area contributed by atoms with Crippen LogP contribution in [0.15, 0.2) is 71.5 Å². The number of carbonyl (C=O) groups is 1. The van der Waals surface area contributed by atoms with Gasteiger partial charge in [-0.15, -0.1) is 0 Å². The van der Waals surface area contributed by atoms with Gasteiger partial charge >= 0.3 is 0 Å². The SMILES string of the molecule is CCn1c2ccccc2c2cc(NC(=O)CCc3nc4ccccc4c(=O)[nH]3)ccc21. The lowest BCUT2D eigenvalue weighted by atomic mass is 10.1. The minimum Gasteiger partial charge on any atom is -0.341 e. The third kappa shape index (κ3) is 3.46. The number of para-hydroxylation sites is 2. The number of carbonyl (C=O) groups excluding carboxylic acids is 1. The summed E-state index contributed by atoms with van der Waals surface area (Å²) in [6.45, 7) is 3.01. The fourth-order valence-electron chi connectivity index (χ4n) is 4.18. The quantitative estimate of drug-likeness (QED) is 0.444. The Balaban J connectivity index is 1.36. The predicted octanol–water partition coefficient (Wildman–Crippen LogP) is 4.62. The molecule has 0 atom stereocenters. The van der Waals surface area contributed by atoms with Gasteiger partial charge in [-0.05, 0) is 43.3 Å². The van der Waals surface area contributed by atoms with Crippen LogP contribution in [-0.4, -0.2) is 20.4 Å². The number of rotatable bonds is 5. The minimum atomic E-state index is -0.182. The van der Waals surface area contributed by atoms with E-state index >= 15 is 0 Å². The van der Waals surface area contributed by atoms with Crippen LogP contribution in [0.1, 0.15) is 19.2 Å². The Morgan fingerprint density at radius 2 is 1.71 bits per heavy atom. The number of aromatic nitrogens is 3. The van der Waals surface area contributed by atoms with E-state index in [2.05, 4.69) is 45.0 Å². The number of benzene rings is 3. The number of amides is 1. The van der Waals surface area contributed by atoms with E-state index < -0.39 is 0 Å². The Kier molecular flexibility index (Phi) is 4.75. The topological polar surface area (TPSA) is 79.8 Å². The van der Waals surface area contributed by atoms with Gasteiger partial charge in [-0.1, -0.05) is 30.3 Å². The van der Waals surface area contributed by atoms with Crippen molar-refractivity contribution in [2.75, 3.05) is 5.32 Å². The van der Waals surface area contributed by atoms with Crippen LogP contribution in [0, 0.1) is 0 Å². The molecule has 2 N–H and O–H groups in total. The molecule has 2 heterocycles. The van der Waals surface area contributed by atoms with Gasteiger partial charge in [0.25, 0.3) is 5.56 Å². The first-order chi connectivity index (χ1) is 15.1. The average molecular weight is 410 g/mol. The monoisotopic (exact) mass is 410 g/mol. The molecule has 5 aromatic rings. The predicted molar refractivity (Wildman–Crippen MR) is 124 cm³/mol. The fraction of sp³-hybridized carbons (Fsp3) is 0.160. The number of nitrogens with one attached hydrogen (secondary N) is 2. The summed E-state index contributed by atoms with van der Waals surface area (Å²) >= 11 is 0. The maximum atomic E-state index is 12.6. The molecular weight excluding hydrogens is 388 g/mol. The highest BCUT2D eigenvalue weighted by Crippen LogP contribution is 2.31. The number of aryl methyl sites for hydroxylation is 2. The molecule has 0 aliphatic rings. The molecule has 6 nitrogen and oxygen atoms in total. The van der Waals surface area contributed by atoms with Crippen molar-refractivity contribution >= 4 is 44.3 Å². The Labute approximate surface area is 178 Å². The van der Waals surface area contributed by atoms with E-state index in [4.69, 9.17) is 0 Å². The number of aromatic amines is 1. The molecular formula is C25H22N4O2. The van der Waals surface area contributed by atoms with Gasteiger partial charge in [0.15, 0.2) is 0 Å². The molecule has 3 aromatic carbocycles. The first-order valence-corrected chi connectivity index (χ1v) is 10.4. The van der Waals surface area contributed by atoms with Gasteiger partial charge in [0.1, 0.15) is 5.82 Å². The number of hydrogen-bond acceptors (Lipinski definition) is 3. The molecule has 0 saturated heterocycles. The summed E-state index contributed by atoms with van der Waals surface area (Å²) in [4.78, 5) is 32.0. The normalized spacial score (nSPS) is 11.4. The summed E-state index contributed by atoms with van der Waals surface area (Å²) in [6.07, 6.45) is 0.597. The van der Waals surface area contributed by atoms with Crippen molar-refractivity contribution in [3.8, 4) is 0 Å². The Morgan fingerprint density at radius 3 is 2.55 bits per heavy atom. The van der Waals surface area contributed by atoms with Gasteiger partial charge in [-0.25, -0.2) is 4.98 Å². The van der Waals surface area contributed by atoms with Crippen molar-refractivity contribution in [3.05, 3.63) is 82.9 Å². The van der Waals surface area contributed by atoms with Gasteiger partial charge in [0.2, 0.25) is 5.91 Å². The lowest BCUT2D eigenvalue weighted by Crippen LogP contribution is -2.16. The number of fused-ring (bicyclic) bond motifs is 4. The Hall–Kier alpha value is -3.93. The minimum absolute atomic E-state index is 0.116. The van der Waals surface area contributed by atoms with Crippen molar-refractivity contribution in [2.24, 2.45) is 0 Å². The largest absolute Gasteiger partial charge is 0.341 e. The summed E-state index contributed by atoms with van der Waals surface area (Å²) in [7, 11) is 0. The lowest BCUT2D eigenvalue weighted by molar-refractivity contribution is -0.116. The molecule has 154 valence electrons. The highest BCUT2D eigenvalue weighted by atomic mass is 16.1. The Bertz CT molecular complexity index is 1500. The molecule has 6 heteroatoms. The summed E-state index contributed by atoms with van der Waals surface area (Å²) in [5, 5.41) is 5.83. The van der Waals surface area contributed by atoms with E-state index in [9.17, 15) is 9.59 Å². The first-order valence-electron chi connectivity index (χ1n) is 10.4. The second-order valence-electron chi connectivity index (χ2n) is 7.57. The zero-order valence-electron chi connectivity index (χ0n) is 17.2. The average Bonchev–Trinajstić information content (AvgIpc) is 3.11. The molecule has 0 bridgehead atoms. The number of hydrogen-bond donors (Lipinski definition) is 2. The summed E-state index contributed by atoms with van der Waals surface area (Å²) in [5.74, 6) is 0.398. The maximum absolute atomic E-state index is 12.6. The van der Waals surface area contributed by atoms with Crippen LogP contribution in [0.4, 0.5) is 5.69 Å². The second kappa shape index (κ2) is 7.72. The molecule has 1 amide bonds. The highest BCUT2D eigenvalue weighted by Gasteiger charge is 2.11. The van der Waals surface area contributed by atoms with Crippen molar-refractivity contribution in [1.29, 1.82) is 0 Å². The van der Waals surface area contributed by atoms with Crippen LogP contribution in [-0.2, 0) is 17.8 Å². The molecule has 0 fully saturated rings. The highest BCUT2D eigenvalue weighted by molar-refractivity contribution is 6.09. The smallest absolute Gasteiger partial charge is 0.258 e. The molecule has 2 aromatic heterocycles. The molecule has 0 spiro atoms. The van der Waals surface area contributed by atoms with E-state index in [1.54, 1.807) is 18.2 Å². The van der Waals surface area contributed by atoms with Crippen molar-refractivity contribution in [3.63, 3.8) is 0 Å². The zero-order chi connectivity index (χ0) is 21.4. The molecule has 0 saturated carbocycles. The number of H-pyrrole nitrogens is 1. The van der Waals surface area contributed by atoms with E-state index in [1.165, 1.54) is 10.9 Å². The maximum Gasteiger partial charge on any atom is 0.258 e. The van der Waals surface area contributed by atoms with Gasteiger partial charge in [0, 0.05) is 46.9 Å². The van der Waals surface area contributed by atoms with Crippen LogP contribution < -0.4 is 10.9 Å². The first kappa shape index (κ1) is 19.1. The van der Waals surface area contributed by atoms with E-state index in [0.29, 0.717) is 23.1 Å². The molecule has 5 rings (SSSR count). The summed E-state index contributed by atoms with van der Waals surface area (Å²) < 4.78 is 2.28. The molecule has 0 aliphatic carbocycles. The molecule has 0 aliphatic heterocycles. The zero-order valence-corrected chi connectivity index (χ0v) is 17.2. The molecule has 31 heavy (non-hydrogen) atoms. The number of nitrogens with zero attached hydrogens (tertiary/aromatic N) is 2. The fourth-order valence-corrected chi connectivity index (χ4v) is 4.18. The van der Waals surface area contributed by atoms with E-state index in [0.717, 1.165) is 23.1 Å². The summed E-state index contributed by atoms with van der Waals surface area (Å²) in [5.41, 5.74) is 3.56. The van der Waals surface area contributed by atoms with Crippen molar-refractivity contribution < 1.29 is 4.79 Å². The van der Waals surface area contributed by atoms with Crippen LogP contribution in [0.25, 0.3) is 32.7 Å². The van der Waals surface area contributed by atoms with Gasteiger partial charge in [0.05, 0.1) is 10.9 Å². The lowest BCUT2D eigenvalue weighted by Gasteiger charge is -2.07. The standard InChI is InChI=1S/C25H22N4O2/c1-2-29-21-10-6-4-7-17(21)19-15-16(11-12-22(19)29)26-24(30)14-13-23-27-20-9-5-3-8-18(20)25(31)28-23/h3-12,15H,2,13-14H2,1H3,(H,26,30)(H,27,28,31). The molecule has 0 radical (unpaired) electrons. The second-order valence-corrected chi connectivity index (χ2v) is 7.57. The van der Waals surface area contributed by atoms with Crippen molar-refractivity contribution in [2.45, 2.75) is 26.3 Å². The van der Waals surface area contributed by atoms with Crippen LogP contribution in [0.5, 0.6) is 0 Å². The van der Waals surface area contributed by atoms with Crippen LogP contribution >= 0.6 is 0 Å². The third-order valence-corrected chi connectivity index (χ3v) is 5.62. The summed E-state index contributed by atoms with van der Waals surface area (Å²) in [6, 6.07) is 21.5. The van der Waals surface area contributed by atoms with Gasteiger partial charge in [-0.3, -0.25) is 9.59 Å². The van der Waals surface area contributed by atoms with Gasteiger partial charge < -0.3 is 14.9 Å². The Morgan fingerprint density at radius 1 is 0.968 bits per heavy atom.